The van der Waals surface area contributed by atoms with Gasteiger partial charge in [-0.05, 0) is 60.2 Å². The summed E-state index contributed by atoms with van der Waals surface area (Å²) in [5.74, 6) is 0.929. The summed E-state index contributed by atoms with van der Waals surface area (Å²) in [6.45, 7) is 0.278. The smallest absolute Gasteiger partial charge is 0.410 e. The van der Waals surface area contributed by atoms with E-state index in [1.807, 2.05) is 71.6 Å². The first-order valence-electron chi connectivity index (χ1n) is 11.2. The molecule has 2 fully saturated rings. The van der Waals surface area contributed by atoms with Crippen LogP contribution in [-0.2, 0) is 11.3 Å². The molecule has 2 heterocycles. The normalized spacial score (nSPS) is 22.0. The number of hydrogen-bond donors (Lipinski definition) is 0. The second-order valence-electron chi connectivity index (χ2n) is 8.79. The van der Waals surface area contributed by atoms with Crippen molar-refractivity contribution in [2.45, 2.75) is 44.4 Å². The highest BCUT2D eigenvalue weighted by atomic mass is 16.6. The fraction of sp³-hybridized carbons (Fsp3) is 0.333. The topological polar surface area (TPSA) is 55.8 Å². The predicted molar refractivity (Wildman–Crippen MR) is 123 cm³/mol. The van der Waals surface area contributed by atoms with Gasteiger partial charge in [0.1, 0.15) is 12.4 Å². The Balaban J connectivity index is 1.26. The van der Waals surface area contributed by atoms with E-state index in [2.05, 4.69) is 0 Å². The number of nitrogens with zero attached hydrogens (tertiary/aromatic N) is 1. The predicted octanol–water partition coefficient (Wildman–Crippen LogP) is 5.61. The van der Waals surface area contributed by atoms with E-state index < -0.39 is 0 Å². The van der Waals surface area contributed by atoms with Gasteiger partial charge < -0.3 is 14.4 Å². The molecule has 3 aromatic rings. The Bertz CT molecular complexity index is 1130. The largest absolute Gasteiger partial charge is 0.497 e. The van der Waals surface area contributed by atoms with Crippen molar-refractivity contribution in [3.8, 4) is 5.75 Å². The van der Waals surface area contributed by atoms with Crippen LogP contribution in [-0.4, -0.2) is 36.0 Å². The molecule has 0 spiro atoms. The minimum Gasteiger partial charge on any atom is -0.497 e. The Morgan fingerprint density at radius 2 is 1.59 bits per heavy atom. The first-order valence-corrected chi connectivity index (χ1v) is 11.2. The van der Waals surface area contributed by atoms with Crippen molar-refractivity contribution in [1.29, 1.82) is 0 Å². The van der Waals surface area contributed by atoms with E-state index >= 15 is 0 Å². The molecule has 0 N–H and O–H groups in total. The van der Waals surface area contributed by atoms with Gasteiger partial charge in [-0.2, -0.15) is 0 Å². The third kappa shape index (κ3) is 3.95. The number of rotatable bonds is 5. The monoisotopic (exact) mass is 429 g/mol. The molecule has 0 saturated carbocycles. The molecular formula is C27H27NO4. The molecule has 0 radical (unpaired) electrons. The van der Waals surface area contributed by atoms with Gasteiger partial charge in [0.2, 0.25) is 0 Å². The molecule has 0 aromatic heterocycles. The molecule has 32 heavy (non-hydrogen) atoms. The van der Waals surface area contributed by atoms with Crippen LogP contribution in [0.3, 0.4) is 0 Å². The lowest BCUT2D eigenvalue weighted by molar-refractivity contribution is 0.0485. The fourth-order valence-electron chi connectivity index (χ4n) is 5.22. The van der Waals surface area contributed by atoms with E-state index in [1.165, 1.54) is 0 Å². The van der Waals surface area contributed by atoms with Gasteiger partial charge in [0.05, 0.1) is 7.11 Å². The van der Waals surface area contributed by atoms with Crippen molar-refractivity contribution in [3.05, 3.63) is 77.9 Å². The number of methoxy groups -OCH3 is 1. The molecule has 2 aliphatic rings. The summed E-state index contributed by atoms with van der Waals surface area (Å²) in [6.07, 6.45) is 3.03. The van der Waals surface area contributed by atoms with Crippen molar-refractivity contribution in [2.75, 3.05) is 7.11 Å². The number of piperidine rings is 1. The second-order valence-corrected chi connectivity index (χ2v) is 8.79. The Morgan fingerprint density at radius 3 is 2.31 bits per heavy atom. The molecular weight excluding hydrogens is 402 g/mol. The lowest BCUT2D eigenvalue weighted by Crippen LogP contribution is -2.48. The Hall–Kier alpha value is -3.34. The van der Waals surface area contributed by atoms with E-state index in [4.69, 9.17) is 9.47 Å². The Morgan fingerprint density at radius 1 is 0.906 bits per heavy atom. The fourth-order valence-corrected chi connectivity index (χ4v) is 5.22. The molecule has 2 atom stereocenters. The zero-order valence-corrected chi connectivity index (χ0v) is 18.2. The molecule has 0 aliphatic carbocycles. The van der Waals surface area contributed by atoms with Crippen molar-refractivity contribution >= 4 is 22.6 Å². The standard InChI is InChI=1S/C27H27NO4/c1-31-25-12-9-19-13-21(8-7-20(19)16-25)26(29)22-14-23-10-11-24(15-22)28(23)27(30)32-17-18-5-3-2-4-6-18/h2-9,12-13,16,22-24H,10-11,14-15,17H2,1H3. The van der Waals surface area contributed by atoms with E-state index in [1.54, 1.807) is 7.11 Å². The van der Waals surface area contributed by atoms with Gasteiger partial charge in [0.25, 0.3) is 0 Å². The van der Waals surface area contributed by atoms with Gasteiger partial charge in [-0.25, -0.2) is 4.79 Å². The average Bonchev–Trinajstić information content (AvgIpc) is 3.11. The van der Waals surface area contributed by atoms with Crippen LogP contribution in [0, 0.1) is 5.92 Å². The van der Waals surface area contributed by atoms with Gasteiger partial charge >= 0.3 is 6.09 Å². The van der Waals surface area contributed by atoms with E-state index in [9.17, 15) is 9.59 Å². The van der Waals surface area contributed by atoms with Gasteiger partial charge in [-0.3, -0.25) is 4.79 Å². The van der Waals surface area contributed by atoms with Crippen LogP contribution in [0.25, 0.3) is 10.8 Å². The summed E-state index contributed by atoms with van der Waals surface area (Å²) in [7, 11) is 1.65. The van der Waals surface area contributed by atoms with Crippen LogP contribution in [0.1, 0.15) is 41.6 Å². The number of ketones is 1. The third-order valence-corrected chi connectivity index (χ3v) is 6.85. The summed E-state index contributed by atoms with van der Waals surface area (Å²) < 4.78 is 10.9. The molecule has 5 nitrogen and oxygen atoms in total. The summed E-state index contributed by atoms with van der Waals surface area (Å²) in [6, 6.07) is 21.6. The molecule has 2 unspecified atom stereocenters. The number of benzene rings is 3. The highest BCUT2D eigenvalue weighted by Crippen LogP contribution is 2.40. The number of amides is 1. The summed E-state index contributed by atoms with van der Waals surface area (Å²) in [5.41, 5.74) is 1.72. The summed E-state index contributed by atoms with van der Waals surface area (Å²) in [5, 5.41) is 2.08. The Labute approximate surface area is 187 Å². The first kappa shape index (κ1) is 20.6. The van der Waals surface area contributed by atoms with Crippen LogP contribution in [0.2, 0.25) is 0 Å². The zero-order chi connectivity index (χ0) is 22.1. The van der Waals surface area contributed by atoms with Crippen LogP contribution >= 0.6 is 0 Å². The molecule has 2 saturated heterocycles. The van der Waals surface area contributed by atoms with Crippen LogP contribution < -0.4 is 4.74 Å². The molecule has 2 aliphatic heterocycles. The highest BCUT2D eigenvalue weighted by Gasteiger charge is 2.45. The highest BCUT2D eigenvalue weighted by molar-refractivity contribution is 6.01. The molecule has 2 bridgehead atoms. The van der Waals surface area contributed by atoms with Crippen LogP contribution in [0.4, 0.5) is 4.79 Å². The van der Waals surface area contributed by atoms with Crippen molar-refractivity contribution in [3.63, 3.8) is 0 Å². The molecule has 3 aromatic carbocycles. The summed E-state index contributed by atoms with van der Waals surface area (Å²) in [4.78, 5) is 28.0. The van der Waals surface area contributed by atoms with Crippen molar-refractivity contribution < 1.29 is 19.1 Å². The third-order valence-electron chi connectivity index (χ3n) is 6.85. The number of Topliss-reactive ketones (excluding diaryl/α,β-unsaturated/α-hetero) is 1. The lowest BCUT2D eigenvalue weighted by atomic mass is 9.84. The van der Waals surface area contributed by atoms with Gasteiger partial charge in [0, 0.05) is 23.6 Å². The molecule has 5 heteroatoms. The van der Waals surface area contributed by atoms with E-state index in [-0.39, 0.29) is 36.5 Å². The molecule has 164 valence electrons. The number of fused-ring (bicyclic) bond motifs is 3. The first-order chi connectivity index (χ1) is 15.6. The average molecular weight is 430 g/mol. The van der Waals surface area contributed by atoms with Crippen molar-refractivity contribution in [2.24, 2.45) is 5.92 Å². The van der Waals surface area contributed by atoms with Crippen molar-refractivity contribution in [1.82, 2.24) is 4.90 Å². The van der Waals surface area contributed by atoms with Crippen LogP contribution in [0.15, 0.2) is 66.7 Å². The maximum absolute atomic E-state index is 13.3. The van der Waals surface area contributed by atoms with Gasteiger partial charge in [0.15, 0.2) is 5.78 Å². The van der Waals surface area contributed by atoms with Gasteiger partial charge in [-0.15, -0.1) is 0 Å². The quantitative estimate of drug-likeness (QED) is 0.495. The number of carbonyl (C=O) groups is 2. The summed E-state index contributed by atoms with van der Waals surface area (Å²) >= 11 is 0. The molecule has 1 amide bonds. The van der Waals surface area contributed by atoms with E-state index in [0.29, 0.717) is 12.8 Å². The van der Waals surface area contributed by atoms with Crippen LogP contribution in [0.5, 0.6) is 5.75 Å². The minimum absolute atomic E-state index is 0.0543. The maximum Gasteiger partial charge on any atom is 0.410 e. The SMILES string of the molecule is COc1ccc2cc(C(=O)C3CC4CCC(C3)N4C(=O)OCc3ccccc3)ccc2c1. The Kier molecular flexibility index (Phi) is 5.56. The zero-order valence-electron chi connectivity index (χ0n) is 18.2. The second kappa shape index (κ2) is 8.65. The lowest BCUT2D eigenvalue weighted by Gasteiger charge is -2.37. The number of ether oxygens (including phenoxy) is 2. The van der Waals surface area contributed by atoms with E-state index in [0.717, 1.165) is 40.5 Å². The minimum atomic E-state index is -0.257. The maximum atomic E-state index is 13.3. The number of carbonyl (C=O) groups excluding carboxylic acids is 2. The molecule has 5 rings (SSSR count). The van der Waals surface area contributed by atoms with Gasteiger partial charge in [-0.1, -0.05) is 48.5 Å². The number of hydrogen-bond acceptors (Lipinski definition) is 4.